The minimum atomic E-state index is -0.199. The predicted molar refractivity (Wildman–Crippen MR) is 127 cm³/mol. The van der Waals surface area contributed by atoms with Crippen molar-refractivity contribution in [1.82, 2.24) is 20.1 Å². The molecule has 0 unspecified atom stereocenters. The Bertz CT molecular complexity index is 1250. The van der Waals surface area contributed by atoms with Crippen LogP contribution in [-0.2, 0) is 6.54 Å². The molecule has 1 amide bonds. The largest absolute Gasteiger partial charge is 0.493 e. The van der Waals surface area contributed by atoms with E-state index < -0.39 is 0 Å². The number of aromatic nitrogens is 3. The standard InChI is InChI=1S/C25H28N4O4/c1-16-12-17-8-5-6-9-21(17)29(16)11-7-10-26-25(30)20-15-19(27-28-20)18-13-22(31-2)24(33-4)23(14-18)32-3/h5-6,8-9,12-15H,7,10-11H2,1-4H3,(H,26,30)(H,27,28). The Balaban J connectivity index is 1.40. The Labute approximate surface area is 192 Å². The van der Waals surface area contributed by atoms with Gasteiger partial charge in [0.2, 0.25) is 5.75 Å². The SMILES string of the molecule is COc1cc(-c2cc(C(=O)NCCCn3c(C)cc4ccccc43)[nH]n2)cc(OC)c1OC. The second-order valence-electron chi connectivity index (χ2n) is 7.69. The van der Waals surface area contributed by atoms with Crippen molar-refractivity contribution in [2.75, 3.05) is 27.9 Å². The Morgan fingerprint density at radius 2 is 1.76 bits per heavy atom. The topological polar surface area (TPSA) is 90.4 Å². The molecule has 0 aliphatic rings. The maximum absolute atomic E-state index is 12.6. The molecule has 8 nitrogen and oxygen atoms in total. The first kappa shape index (κ1) is 22.3. The Morgan fingerprint density at radius 3 is 2.45 bits per heavy atom. The number of para-hydroxylation sites is 1. The molecule has 0 radical (unpaired) electrons. The molecule has 4 aromatic rings. The van der Waals surface area contributed by atoms with Crippen LogP contribution in [0.5, 0.6) is 17.2 Å². The zero-order valence-corrected chi connectivity index (χ0v) is 19.3. The Kier molecular flexibility index (Phi) is 6.53. The van der Waals surface area contributed by atoms with Crippen LogP contribution in [0, 0.1) is 6.92 Å². The summed E-state index contributed by atoms with van der Waals surface area (Å²) in [5, 5.41) is 11.3. The lowest BCUT2D eigenvalue weighted by Gasteiger charge is -2.13. The number of hydrogen-bond donors (Lipinski definition) is 2. The minimum absolute atomic E-state index is 0.199. The lowest BCUT2D eigenvalue weighted by Crippen LogP contribution is -2.25. The number of fused-ring (bicyclic) bond motifs is 1. The molecule has 8 heteroatoms. The zero-order valence-electron chi connectivity index (χ0n) is 19.3. The Morgan fingerprint density at radius 1 is 1.03 bits per heavy atom. The fourth-order valence-electron chi connectivity index (χ4n) is 3.99. The van der Waals surface area contributed by atoms with Crippen LogP contribution in [0.2, 0.25) is 0 Å². The number of nitrogens with zero attached hydrogens (tertiary/aromatic N) is 2. The summed E-state index contributed by atoms with van der Waals surface area (Å²) in [4.78, 5) is 12.6. The summed E-state index contributed by atoms with van der Waals surface area (Å²) in [6.07, 6.45) is 0.819. The highest BCUT2D eigenvalue weighted by Crippen LogP contribution is 2.40. The summed E-state index contributed by atoms with van der Waals surface area (Å²) < 4.78 is 18.4. The van der Waals surface area contributed by atoms with Crippen LogP contribution < -0.4 is 19.5 Å². The number of amides is 1. The molecule has 2 heterocycles. The first-order valence-electron chi connectivity index (χ1n) is 10.7. The molecular formula is C25H28N4O4. The van der Waals surface area contributed by atoms with Crippen molar-refractivity contribution in [3.63, 3.8) is 0 Å². The van der Waals surface area contributed by atoms with Crippen molar-refractivity contribution >= 4 is 16.8 Å². The van der Waals surface area contributed by atoms with E-state index in [1.165, 1.54) is 16.6 Å². The number of ether oxygens (including phenoxy) is 3. The fraction of sp³-hybridized carbons (Fsp3) is 0.280. The van der Waals surface area contributed by atoms with Crippen LogP contribution in [0.4, 0.5) is 0 Å². The number of rotatable bonds is 9. The number of carbonyl (C=O) groups excluding carboxylic acids is 1. The second kappa shape index (κ2) is 9.68. The molecule has 172 valence electrons. The van der Waals surface area contributed by atoms with Gasteiger partial charge in [-0.3, -0.25) is 9.89 Å². The number of methoxy groups -OCH3 is 3. The fourth-order valence-corrected chi connectivity index (χ4v) is 3.99. The van der Waals surface area contributed by atoms with Crippen LogP contribution >= 0.6 is 0 Å². The maximum atomic E-state index is 12.6. The smallest absolute Gasteiger partial charge is 0.269 e. The molecule has 0 atom stereocenters. The van der Waals surface area contributed by atoms with E-state index in [0.717, 1.165) is 18.5 Å². The lowest BCUT2D eigenvalue weighted by molar-refractivity contribution is 0.0947. The monoisotopic (exact) mass is 448 g/mol. The average Bonchev–Trinajstić information content (AvgIpc) is 3.45. The van der Waals surface area contributed by atoms with Crippen LogP contribution in [0.1, 0.15) is 22.6 Å². The maximum Gasteiger partial charge on any atom is 0.269 e. The number of nitrogens with one attached hydrogen (secondary N) is 2. The van der Waals surface area contributed by atoms with E-state index in [1.807, 2.05) is 12.1 Å². The number of H-pyrrole nitrogens is 1. The van der Waals surface area contributed by atoms with Gasteiger partial charge in [-0.2, -0.15) is 5.10 Å². The van der Waals surface area contributed by atoms with Crippen molar-refractivity contribution < 1.29 is 19.0 Å². The van der Waals surface area contributed by atoms with Gasteiger partial charge in [-0.05, 0) is 49.1 Å². The van der Waals surface area contributed by atoms with Crippen molar-refractivity contribution in [3.05, 3.63) is 59.9 Å². The summed E-state index contributed by atoms with van der Waals surface area (Å²) in [7, 11) is 4.67. The van der Waals surface area contributed by atoms with Gasteiger partial charge in [-0.1, -0.05) is 18.2 Å². The first-order valence-corrected chi connectivity index (χ1v) is 10.7. The molecule has 0 aliphatic heterocycles. The number of carbonyl (C=O) groups is 1. The highest BCUT2D eigenvalue weighted by atomic mass is 16.5. The van der Waals surface area contributed by atoms with E-state index >= 15 is 0 Å². The third-order valence-electron chi connectivity index (χ3n) is 5.64. The van der Waals surface area contributed by atoms with E-state index in [4.69, 9.17) is 14.2 Å². The second-order valence-corrected chi connectivity index (χ2v) is 7.69. The zero-order chi connectivity index (χ0) is 23.4. The molecule has 2 N–H and O–H groups in total. The van der Waals surface area contributed by atoms with E-state index in [0.29, 0.717) is 35.2 Å². The van der Waals surface area contributed by atoms with E-state index in [-0.39, 0.29) is 5.91 Å². The van der Waals surface area contributed by atoms with Gasteiger partial charge in [0.15, 0.2) is 11.5 Å². The molecule has 0 bridgehead atoms. The van der Waals surface area contributed by atoms with Crippen LogP contribution in [-0.4, -0.2) is 48.5 Å². The van der Waals surface area contributed by atoms with Crippen molar-refractivity contribution in [3.8, 4) is 28.5 Å². The predicted octanol–water partition coefficient (Wildman–Crippen LogP) is 4.19. The first-order chi connectivity index (χ1) is 16.0. The number of aromatic amines is 1. The Hall–Kier alpha value is -3.94. The molecule has 2 aromatic heterocycles. The third kappa shape index (κ3) is 4.50. The van der Waals surface area contributed by atoms with Crippen molar-refractivity contribution in [2.45, 2.75) is 19.9 Å². The summed E-state index contributed by atoms with van der Waals surface area (Å²) in [6.45, 7) is 3.50. The average molecular weight is 449 g/mol. The van der Waals surface area contributed by atoms with Gasteiger partial charge in [0.1, 0.15) is 5.69 Å². The summed E-state index contributed by atoms with van der Waals surface area (Å²) in [5.41, 5.74) is 4.17. The summed E-state index contributed by atoms with van der Waals surface area (Å²) in [6, 6.07) is 15.8. The van der Waals surface area contributed by atoms with Gasteiger partial charge in [0.05, 0.1) is 27.0 Å². The third-order valence-corrected chi connectivity index (χ3v) is 5.64. The summed E-state index contributed by atoms with van der Waals surface area (Å²) in [5.74, 6) is 1.35. The van der Waals surface area contributed by atoms with Crippen LogP contribution in [0.25, 0.3) is 22.2 Å². The molecule has 2 aromatic carbocycles. The van der Waals surface area contributed by atoms with Gasteiger partial charge in [0.25, 0.3) is 5.91 Å². The van der Waals surface area contributed by atoms with E-state index in [1.54, 1.807) is 39.5 Å². The normalized spacial score (nSPS) is 10.9. The molecule has 0 spiro atoms. The number of hydrogen-bond acceptors (Lipinski definition) is 5. The number of benzene rings is 2. The minimum Gasteiger partial charge on any atom is -0.493 e. The summed E-state index contributed by atoms with van der Waals surface area (Å²) >= 11 is 0. The molecule has 0 saturated heterocycles. The highest BCUT2D eigenvalue weighted by Gasteiger charge is 2.17. The molecule has 0 saturated carbocycles. The van der Waals surface area contributed by atoms with E-state index in [2.05, 4.69) is 45.2 Å². The van der Waals surface area contributed by atoms with Crippen molar-refractivity contribution in [2.24, 2.45) is 0 Å². The molecule has 0 fully saturated rings. The van der Waals surface area contributed by atoms with Crippen LogP contribution in [0.3, 0.4) is 0 Å². The molecular weight excluding hydrogens is 420 g/mol. The van der Waals surface area contributed by atoms with Gasteiger partial charge in [-0.15, -0.1) is 0 Å². The van der Waals surface area contributed by atoms with E-state index in [9.17, 15) is 4.79 Å². The molecule has 33 heavy (non-hydrogen) atoms. The molecule has 4 rings (SSSR count). The van der Waals surface area contributed by atoms with Crippen LogP contribution in [0.15, 0.2) is 48.5 Å². The van der Waals surface area contributed by atoms with Gasteiger partial charge < -0.3 is 24.1 Å². The quantitative estimate of drug-likeness (QED) is 0.375. The van der Waals surface area contributed by atoms with Crippen molar-refractivity contribution in [1.29, 1.82) is 0 Å². The highest BCUT2D eigenvalue weighted by molar-refractivity contribution is 5.93. The lowest BCUT2D eigenvalue weighted by atomic mass is 10.1. The molecule has 0 aliphatic carbocycles. The van der Waals surface area contributed by atoms with Gasteiger partial charge in [-0.25, -0.2) is 0 Å². The van der Waals surface area contributed by atoms with Gasteiger partial charge in [0, 0.05) is 29.9 Å². The van der Waals surface area contributed by atoms with Gasteiger partial charge >= 0.3 is 0 Å². The number of aryl methyl sites for hydroxylation is 2.